The number of hydrogen-bond acceptors (Lipinski definition) is 2. The summed E-state index contributed by atoms with van der Waals surface area (Å²) in [4.78, 5) is 12.0. The Labute approximate surface area is 194 Å². The molecule has 12 heteroatoms. The van der Waals surface area contributed by atoms with Gasteiger partial charge < -0.3 is 33.2 Å². The second-order valence-corrected chi connectivity index (χ2v) is 7.42. The summed E-state index contributed by atoms with van der Waals surface area (Å²) < 4.78 is 43.1. The molecule has 3 aromatic rings. The molecule has 0 unspecified atom stereocenters. The number of para-hydroxylation sites is 1. The zero-order valence-corrected chi connectivity index (χ0v) is 18.7. The summed E-state index contributed by atoms with van der Waals surface area (Å²) in [5.74, 6) is -0.110. The Morgan fingerprint density at radius 2 is 1.61 bits per heavy atom. The van der Waals surface area contributed by atoms with Gasteiger partial charge in [-0.15, -0.1) is 0 Å². The highest BCUT2D eigenvalue weighted by Crippen LogP contribution is 2.07. The molecule has 0 aliphatic carbocycles. The molecular weight excluding hydrogens is 457 g/mol. The Kier molecular flexibility index (Phi) is 9.86. The van der Waals surface area contributed by atoms with Crippen molar-refractivity contribution in [2.75, 3.05) is 11.9 Å². The van der Waals surface area contributed by atoms with E-state index in [2.05, 4.69) is 32.7 Å². The van der Waals surface area contributed by atoms with Crippen molar-refractivity contribution in [3.8, 4) is 0 Å². The van der Waals surface area contributed by atoms with Gasteiger partial charge in [-0.1, -0.05) is 42.5 Å². The lowest BCUT2D eigenvalue weighted by Gasteiger charge is -2.11. The van der Waals surface area contributed by atoms with Crippen LogP contribution in [-0.2, 0) is 24.9 Å². The average Bonchev–Trinajstić information content (AvgIpc) is 3.16. The molecule has 176 valence electrons. The Hall–Kier alpha value is -3.41. The van der Waals surface area contributed by atoms with Crippen molar-refractivity contribution in [2.45, 2.75) is 13.1 Å². The zero-order chi connectivity index (χ0) is 24.3. The van der Waals surface area contributed by atoms with Crippen LogP contribution in [0.2, 0.25) is 0 Å². The van der Waals surface area contributed by atoms with Crippen molar-refractivity contribution < 1.29 is 26.6 Å². The molecule has 0 atom stereocenters. The maximum absolute atomic E-state index is 12.0. The van der Waals surface area contributed by atoms with E-state index in [1.807, 2.05) is 72.8 Å². The Balaban J connectivity index is 0.000000696. The number of amides is 1. The summed E-state index contributed by atoms with van der Waals surface area (Å²) in [6.07, 6.45) is 6.09. The number of aryl methyl sites for hydroxylation is 1. The highest BCUT2D eigenvalue weighted by molar-refractivity contribution is 7.80. The van der Waals surface area contributed by atoms with Crippen LogP contribution in [0.15, 0.2) is 73.3 Å². The number of carbonyl (C=O) groups is 1. The van der Waals surface area contributed by atoms with Gasteiger partial charge in [0.15, 0.2) is 5.11 Å². The van der Waals surface area contributed by atoms with Gasteiger partial charge in [0.2, 0.25) is 12.2 Å². The van der Waals surface area contributed by atoms with Crippen LogP contribution >= 0.6 is 12.2 Å². The van der Waals surface area contributed by atoms with Crippen LogP contribution in [0.25, 0.3) is 0 Å². The van der Waals surface area contributed by atoms with E-state index in [-0.39, 0.29) is 12.5 Å². The van der Waals surface area contributed by atoms with Gasteiger partial charge in [-0.3, -0.25) is 4.79 Å². The Morgan fingerprint density at radius 1 is 1.00 bits per heavy atom. The number of imidazole rings is 1. The van der Waals surface area contributed by atoms with Crippen LogP contribution < -0.4 is 20.5 Å². The van der Waals surface area contributed by atoms with Gasteiger partial charge in [0.25, 0.3) is 0 Å². The quantitative estimate of drug-likeness (QED) is 0.210. The molecule has 0 spiro atoms. The first-order valence-electron chi connectivity index (χ1n) is 9.91. The number of carbonyl (C=O) groups excluding carboxylic acids is 1. The maximum atomic E-state index is 12.0. The predicted molar refractivity (Wildman–Crippen MR) is 124 cm³/mol. The SMILES string of the molecule is C[n+]1ccn(Cc2ccc(CNC(=O)CNC(=S)Nc3ccccc3)cc2)c1.F[B-](F)(F)F. The minimum Gasteiger partial charge on any atom is -0.418 e. The van der Waals surface area contributed by atoms with Gasteiger partial charge in [-0.2, -0.15) is 0 Å². The number of aromatic nitrogens is 2. The van der Waals surface area contributed by atoms with Crippen molar-refractivity contribution in [3.05, 3.63) is 84.4 Å². The fourth-order valence-electron chi connectivity index (χ4n) is 2.69. The number of nitrogens with one attached hydrogen (secondary N) is 3. The molecule has 0 aliphatic rings. The van der Waals surface area contributed by atoms with Gasteiger partial charge in [-0.25, -0.2) is 9.13 Å². The lowest BCUT2D eigenvalue weighted by atomic mass is 10.1. The van der Waals surface area contributed by atoms with Crippen LogP contribution in [0.5, 0.6) is 0 Å². The van der Waals surface area contributed by atoms with Crippen molar-refractivity contribution in [1.82, 2.24) is 15.2 Å². The predicted octanol–water partition coefficient (Wildman–Crippen LogP) is 3.26. The van der Waals surface area contributed by atoms with E-state index >= 15 is 0 Å². The van der Waals surface area contributed by atoms with Crippen LogP contribution in [0.1, 0.15) is 11.1 Å². The Bertz CT molecular complexity index is 1020. The largest absolute Gasteiger partial charge is 0.673 e. The molecule has 1 aromatic heterocycles. The van der Waals surface area contributed by atoms with Gasteiger partial charge >= 0.3 is 7.25 Å². The maximum Gasteiger partial charge on any atom is 0.673 e. The molecule has 0 fully saturated rings. The van der Waals surface area contributed by atoms with Crippen molar-refractivity contribution >= 4 is 36.2 Å². The fraction of sp³-hybridized carbons (Fsp3) is 0.190. The topological polar surface area (TPSA) is 62.0 Å². The third-order valence-corrected chi connectivity index (χ3v) is 4.39. The summed E-state index contributed by atoms with van der Waals surface area (Å²) in [6.45, 7) is 1.43. The van der Waals surface area contributed by atoms with Crippen LogP contribution in [0, 0.1) is 0 Å². The van der Waals surface area contributed by atoms with Crippen molar-refractivity contribution in [3.63, 3.8) is 0 Å². The molecule has 2 aromatic carbocycles. The highest BCUT2D eigenvalue weighted by Gasteiger charge is 2.20. The van der Waals surface area contributed by atoms with E-state index < -0.39 is 7.25 Å². The first-order valence-corrected chi connectivity index (χ1v) is 10.3. The van der Waals surface area contributed by atoms with Crippen LogP contribution in [-0.4, -0.2) is 29.4 Å². The summed E-state index contributed by atoms with van der Waals surface area (Å²) in [5, 5.41) is 9.26. The number of anilines is 1. The van der Waals surface area contributed by atoms with E-state index in [9.17, 15) is 22.1 Å². The van der Waals surface area contributed by atoms with E-state index in [0.717, 1.165) is 17.8 Å². The van der Waals surface area contributed by atoms with Gasteiger partial charge in [-0.05, 0) is 35.5 Å². The number of benzene rings is 2. The highest BCUT2D eigenvalue weighted by atomic mass is 32.1. The molecule has 6 nitrogen and oxygen atoms in total. The average molecular weight is 481 g/mol. The van der Waals surface area contributed by atoms with Gasteiger partial charge in [0, 0.05) is 12.2 Å². The molecule has 0 saturated heterocycles. The zero-order valence-electron chi connectivity index (χ0n) is 17.8. The summed E-state index contributed by atoms with van der Waals surface area (Å²) in [5.41, 5.74) is 3.15. The number of rotatable bonds is 7. The lowest BCUT2D eigenvalue weighted by Crippen LogP contribution is -2.38. The number of thiocarbonyl (C=S) groups is 1. The number of nitrogens with zero attached hydrogens (tertiary/aromatic N) is 2. The summed E-state index contributed by atoms with van der Waals surface area (Å²) >= 11 is 5.20. The van der Waals surface area contributed by atoms with Gasteiger partial charge in [0.05, 0.1) is 13.6 Å². The van der Waals surface area contributed by atoms with Crippen LogP contribution in [0.3, 0.4) is 0 Å². The minimum absolute atomic E-state index is 0.110. The molecule has 0 aliphatic heterocycles. The third-order valence-electron chi connectivity index (χ3n) is 4.14. The molecule has 0 bridgehead atoms. The van der Waals surface area contributed by atoms with E-state index in [4.69, 9.17) is 12.2 Å². The van der Waals surface area contributed by atoms with E-state index in [1.54, 1.807) is 0 Å². The standard InChI is InChI=1S/C21H23N5OS.BF4/c1-25-11-12-26(16-25)15-18-9-7-17(8-10-18)13-22-20(27)14-23-21(28)24-19-5-3-2-4-6-19;2-1(3,4)5/h2-12,16H,13-15H2,1H3,(H2-,22,23,24,27,28);/q;-1/p+1. The van der Waals surface area contributed by atoms with Crippen LogP contribution in [0.4, 0.5) is 23.0 Å². The normalized spacial score (nSPS) is 10.6. The summed E-state index contributed by atoms with van der Waals surface area (Å²) in [7, 11) is -4.00. The smallest absolute Gasteiger partial charge is 0.418 e. The van der Waals surface area contributed by atoms with Gasteiger partial charge in [0.1, 0.15) is 18.9 Å². The third kappa shape index (κ3) is 11.7. The molecule has 0 saturated carbocycles. The molecule has 1 heterocycles. The number of hydrogen-bond donors (Lipinski definition) is 3. The Morgan fingerprint density at radius 3 is 2.18 bits per heavy atom. The lowest BCUT2D eigenvalue weighted by molar-refractivity contribution is -0.671. The summed E-state index contributed by atoms with van der Waals surface area (Å²) in [6, 6.07) is 17.8. The molecule has 3 rings (SSSR count). The molecule has 0 radical (unpaired) electrons. The molecular formula is C21H24BF4N5OS. The first-order chi connectivity index (χ1) is 15.6. The second-order valence-electron chi connectivity index (χ2n) is 7.01. The minimum atomic E-state index is -6.00. The monoisotopic (exact) mass is 481 g/mol. The van der Waals surface area contributed by atoms with Crippen molar-refractivity contribution in [1.29, 1.82) is 0 Å². The molecule has 33 heavy (non-hydrogen) atoms. The fourth-order valence-corrected chi connectivity index (χ4v) is 2.88. The first kappa shape index (κ1) is 25.9. The second kappa shape index (κ2) is 12.6. The molecule has 3 N–H and O–H groups in total. The van der Waals surface area contributed by atoms with E-state index in [0.29, 0.717) is 11.7 Å². The molecule has 1 amide bonds. The van der Waals surface area contributed by atoms with Crippen molar-refractivity contribution in [2.24, 2.45) is 7.05 Å². The number of halogens is 4. The van der Waals surface area contributed by atoms with E-state index in [1.165, 1.54) is 5.56 Å².